The maximum absolute atomic E-state index is 13.8. The first-order chi connectivity index (χ1) is 18.3. The Balaban J connectivity index is 1.49. The highest BCUT2D eigenvalue weighted by molar-refractivity contribution is 6.24. The molecule has 9 heteroatoms. The number of nitrogens with one attached hydrogen (secondary N) is 1. The van der Waals surface area contributed by atoms with Crippen molar-refractivity contribution in [3.05, 3.63) is 101 Å². The van der Waals surface area contributed by atoms with E-state index < -0.39 is 34.9 Å². The summed E-state index contributed by atoms with van der Waals surface area (Å²) >= 11 is 0. The fraction of sp³-hybridized carbons (Fsp3) is 0.310. The summed E-state index contributed by atoms with van der Waals surface area (Å²) in [6.45, 7) is 6.08. The summed E-state index contributed by atoms with van der Waals surface area (Å²) in [5.41, 5.74) is 6.11. The first-order valence-corrected chi connectivity index (χ1v) is 12.7. The average molecular weight is 515 g/mol. The van der Waals surface area contributed by atoms with Gasteiger partial charge < -0.3 is 10.5 Å². The Morgan fingerprint density at radius 2 is 1.82 bits per heavy atom. The molecule has 0 radical (unpaired) electrons. The van der Waals surface area contributed by atoms with Crippen molar-refractivity contribution in [2.24, 2.45) is 11.8 Å². The van der Waals surface area contributed by atoms with Gasteiger partial charge in [0, 0.05) is 17.8 Å². The summed E-state index contributed by atoms with van der Waals surface area (Å²) in [6.07, 6.45) is 7.00. The van der Waals surface area contributed by atoms with Gasteiger partial charge in [-0.05, 0) is 61.9 Å². The van der Waals surface area contributed by atoms with E-state index in [0.29, 0.717) is 23.7 Å². The van der Waals surface area contributed by atoms with Crippen molar-refractivity contribution in [2.75, 3.05) is 10.3 Å². The molecule has 2 heterocycles. The number of non-ortho nitro benzene ring substituents is 1. The summed E-state index contributed by atoms with van der Waals surface area (Å²) in [7, 11) is 0. The molecule has 0 aromatic heterocycles. The van der Waals surface area contributed by atoms with Crippen molar-refractivity contribution in [3.63, 3.8) is 0 Å². The highest BCUT2D eigenvalue weighted by atomic mass is 16.6. The smallest absolute Gasteiger partial charge is 0.269 e. The summed E-state index contributed by atoms with van der Waals surface area (Å²) in [5.74, 6) is -1.11. The van der Waals surface area contributed by atoms with Crippen molar-refractivity contribution in [3.8, 4) is 0 Å². The van der Waals surface area contributed by atoms with Crippen molar-refractivity contribution < 1.29 is 19.6 Å². The molecule has 2 aromatic rings. The van der Waals surface area contributed by atoms with Crippen LogP contribution >= 0.6 is 0 Å². The predicted molar refractivity (Wildman–Crippen MR) is 144 cm³/mol. The molecular weight excluding hydrogens is 484 g/mol. The second-order valence-corrected chi connectivity index (χ2v) is 10.1. The number of aliphatic hydroxyl groups is 1. The first-order valence-electron chi connectivity index (χ1n) is 12.7. The Morgan fingerprint density at radius 1 is 1.11 bits per heavy atom. The number of allylic oxidation sites excluding steroid dienone is 2. The molecule has 9 nitrogen and oxygen atoms in total. The fourth-order valence-corrected chi connectivity index (χ4v) is 5.50. The molecule has 5 atom stereocenters. The Morgan fingerprint density at radius 3 is 2.42 bits per heavy atom. The minimum Gasteiger partial charge on any atom is -0.387 e. The third-order valence-corrected chi connectivity index (χ3v) is 7.65. The number of hydrogen-bond acceptors (Lipinski definition) is 7. The van der Waals surface area contributed by atoms with E-state index in [1.807, 2.05) is 13.0 Å². The second kappa shape index (κ2) is 10.4. The van der Waals surface area contributed by atoms with E-state index in [9.17, 15) is 24.8 Å². The lowest BCUT2D eigenvalue weighted by Crippen LogP contribution is -2.57. The average Bonchev–Trinajstić information content (AvgIpc) is 3.19. The van der Waals surface area contributed by atoms with Crippen LogP contribution in [0.15, 0.2) is 90.6 Å². The maximum Gasteiger partial charge on any atom is 0.269 e. The number of hydrazine groups is 1. The Bertz CT molecular complexity index is 1320. The molecule has 4 unspecified atom stereocenters. The van der Waals surface area contributed by atoms with Crippen molar-refractivity contribution in [1.29, 1.82) is 0 Å². The minimum atomic E-state index is -0.919. The highest BCUT2D eigenvalue weighted by Gasteiger charge is 2.54. The highest BCUT2D eigenvalue weighted by Crippen LogP contribution is 2.38. The molecule has 1 saturated heterocycles. The quantitative estimate of drug-likeness (QED) is 0.244. The van der Waals surface area contributed by atoms with Gasteiger partial charge in [-0.2, -0.15) is 0 Å². The number of imide groups is 1. The summed E-state index contributed by atoms with van der Waals surface area (Å²) in [6, 6.07) is 13.0. The number of nitro benzene ring substituents is 1. The number of fused-ring (bicyclic) bond motifs is 1. The number of nitro groups is 1. The molecular formula is C29H30N4O5. The van der Waals surface area contributed by atoms with Crippen LogP contribution in [0.5, 0.6) is 0 Å². The van der Waals surface area contributed by atoms with Crippen LogP contribution in [0.25, 0.3) is 0 Å². The number of hydrogen-bond donors (Lipinski definition) is 2. The minimum absolute atomic E-state index is 0.0645. The number of carbonyl (C=O) groups is 2. The van der Waals surface area contributed by atoms with Crippen LogP contribution in [-0.4, -0.2) is 45.0 Å². The molecule has 2 N–H and O–H groups in total. The van der Waals surface area contributed by atoms with Gasteiger partial charge in [-0.3, -0.25) is 19.7 Å². The van der Waals surface area contributed by atoms with E-state index in [1.54, 1.807) is 53.6 Å². The standard InChI is InChI=1S/C29H30N4O5/c1-18(2)19-8-10-20(11-9-19)27(34)25-17-16-24-26(29(36)31(28(24)35)22-6-4-3-5-7-22)32(25)30-21-12-14-23(15-13-21)33(37)38/h3-7,10,12-17,19,24-27,30,34H,1,8-9,11H2,2H3/t19-,24?,25?,26?,27?/m1/s1. The van der Waals surface area contributed by atoms with E-state index in [0.717, 1.165) is 24.0 Å². The van der Waals surface area contributed by atoms with Crippen LogP contribution in [0, 0.1) is 22.0 Å². The zero-order valence-corrected chi connectivity index (χ0v) is 21.1. The molecule has 0 spiro atoms. The topological polar surface area (TPSA) is 116 Å². The van der Waals surface area contributed by atoms with Crippen LogP contribution < -0.4 is 10.3 Å². The molecule has 1 fully saturated rings. The zero-order chi connectivity index (χ0) is 27.0. The second-order valence-electron chi connectivity index (χ2n) is 10.1. The summed E-state index contributed by atoms with van der Waals surface area (Å²) in [4.78, 5) is 39.0. The number of aliphatic hydroxyl groups excluding tert-OH is 1. The monoisotopic (exact) mass is 514 g/mol. The van der Waals surface area contributed by atoms with Crippen LogP contribution in [-0.2, 0) is 9.59 Å². The summed E-state index contributed by atoms with van der Waals surface area (Å²) < 4.78 is 0. The number of anilines is 2. The zero-order valence-electron chi connectivity index (χ0n) is 21.1. The molecule has 1 aliphatic carbocycles. The summed E-state index contributed by atoms with van der Waals surface area (Å²) in [5, 5.41) is 24.3. The van der Waals surface area contributed by atoms with Gasteiger partial charge in [0.25, 0.3) is 11.6 Å². The van der Waals surface area contributed by atoms with Crippen LogP contribution in [0.2, 0.25) is 0 Å². The van der Waals surface area contributed by atoms with Gasteiger partial charge in [-0.15, -0.1) is 0 Å². The third kappa shape index (κ3) is 4.66. The van der Waals surface area contributed by atoms with E-state index in [2.05, 4.69) is 18.1 Å². The number of benzene rings is 2. The van der Waals surface area contributed by atoms with Gasteiger partial charge >= 0.3 is 0 Å². The van der Waals surface area contributed by atoms with Gasteiger partial charge in [-0.25, -0.2) is 9.91 Å². The molecule has 0 saturated carbocycles. The molecule has 38 heavy (non-hydrogen) atoms. The van der Waals surface area contributed by atoms with Gasteiger partial charge in [-0.1, -0.05) is 48.6 Å². The van der Waals surface area contributed by atoms with Crippen molar-refractivity contribution in [2.45, 2.75) is 44.4 Å². The third-order valence-electron chi connectivity index (χ3n) is 7.65. The number of rotatable bonds is 7. The number of amides is 2. The molecule has 2 amide bonds. The van der Waals surface area contributed by atoms with Crippen molar-refractivity contribution in [1.82, 2.24) is 5.01 Å². The Hall–Kier alpha value is -4.08. The lowest BCUT2D eigenvalue weighted by atomic mass is 9.81. The Kier molecular flexibility index (Phi) is 6.96. The molecule has 2 aromatic carbocycles. The molecule has 196 valence electrons. The van der Waals surface area contributed by atoms with E-state index in [-0.39, 0.29) is 11.6 Å². The largest absolute Gasteiger partial charge is 0.387 e. The van der Waals surface area contributed by atoms with E-state index in [4.69, 9.17) is 0 Å². The van der Waals surface area contributed by atoms with Gasteiger partial charge in [0.2, 0.25) is 5.91 Å². The van der Waals surface area contributed by atoms with Crippen LogP contribution in [0.1, 0.15) is 26.2 Å². The Labute approximate surface area is 220 Å². The SMILES string of the molecule is C=C(C)[C@@H]1CC=C(C(O)C2C=CC3C(=O)N(c4ccccc4)C(=O)C3N2Nc2ccc([N+](=O)[O-])cc2)CC1. The molecule has 0 bridgehead atoms. The van der Waals surface area contributed by atoms with Crippen molar-refractivity contribution >= 4 is 28.9 Å². The number of carbonyl (C=O) groups excluding carboxylic acids is 2. The molecule has 5 rings (SSSR count). The fourth-order valence-electron chi connectivity index (χ4n) is 5.50. The predicted octanol–water partition coefficient (Wildman–Crippen LogP) is 4.38. The molecule has 2 aliphatic heterocycles. The van der Waals surface area contributed by atoms with Gasteiger partial charge in [0.05, 0.1) is 28.7 Å². The van der Waals surface area contributed by atoms with E-state index in [1.165, 1.54) is 17.0 Å². The van der Waals surface area contributed by atoms with Gasteiger partial charge in [0.1, 0.15) is 6.04 Å². The molecule has 3 aliphatic rings. The maximum atomic E-state index is 13.8. The van der Waals surface area contributed by atoms with Crippen LogP contribution in [0.3, 0.4) is 0 Å². The van der Waals surface area contributed by atoms with E-state index >= 15 is 0 Å². The first kappa shape index (κ1) is 25.6. The van der Waals surface area contributed by atoms with Crippen LogP contribution in [0.4, 0.5) is 17.1 Å². The lowest BCUT2D eigenvalue weighted by molar-refractivity contribution is -0.384. The van der Waals surface area contributed by atoms with Gasteiger partial charge in [0.15, 0.2) is 0 Å². The normalized spacial score (nSPS) is 26.1. The number of nitrogens with zero attached hydrogens (tertiary/aromatic N) is 3. The number of para-hydroxylation sites is 1. The lowest BCUT2D eigenvalue weighted by Gasteiger charge is -2.41.